The lowest BCUT2D eigenvalue weighted by molar-refractivity contribution is 0.0695. The summed E-state index contributed by atoms with van der Waals surface area (Å²) in [4.78, 5) is 14.0. The molecule has 1 aromatic heterocycles. The van der Waals surface area contributed by atoms with Gasteiger partial charge < -0.3 is 5.11 Å². The summed E-state index contributed by atoms with van der Waals surface area (Å²) in [5, 5.41) is 8.13. The van der Waals surface area contributed by atoms with Gasteiger partial charge in [-0.05, 0) is 15.9 Å². The smallest absolute Gasteiger partial charge is 0.338 e. The third kappa shape index (κ3) is 2.01. The molecule has 1 rings (SSSR count). The fourth-order valence-corrected chi connectivity index (χ4v) is 1.73. The fourth-order valence-electron chi connectivity index (χ4n) is 0.829. The molecule has 0 aliphatic rings. The van der Waals surface area contributed by atoms with Crippen molar-refractivity contribution in [2.45, 2.75) is 6.43 Å². The molecule has 0 atom stereocenters. The largest absolute Gasteiger partial charge is 0.478 e. The number of aromatic carboxylic acids is 1. The zero-order valence-electron chi connectivity index (χ0n) is 6.47. The lowest BCUT2D eigenvalue weighted by Gasteiger charge is -2.06. The minimum absolute atomic E-state index is 0.0689. The second kappa shape index (κ2) is 4.18. The quantitative estimate of drug-likeness (QED) is 0.908. The van der Waals surface area contributed by atoms with Crippen molar-refractivity contribution in [1.82, 2.24) is 4.98 Å². The topological polar surface area (TPSA) is 50.2 Å². The number of hydrogen-bond acceptors (Lipinski definition) is 2. The molecule has 1 aromatic rings. The highest BCUT2D eigenvalue weighted by Crippen LogP contribution is 2.31. The maximum Gasteiger partial charge on any atom is 0.338 e. The van der Waals surface area contributed by atoms with Gasteiger partial charge in [0.25, 0.3) is 6.43 Å². The van der Waals surface area contributed by atoms with Crippen LogP contribution in [0.15, 0.2) is 10.7 Å². The van der Waals surface area contributed by atoms with E-state index in [0.717, 1.165) is 6.20 Å². The number of halogens is 4. The van der Waals surface area contributed by atoms with Crippen LogP contribution in [0.25, 0.3) is 0 Å². The average Bonchev–Trinajstić information content (AvgIpc) is 2.02. The van der Waals surface area contributed by atoms with Crippen LogP contribution >= 0.6 is 27.5 Å². The van der Waals surface area contributed by atoms with Crippen molar-refractivity contribution in [3.8, 4) is 0 Å². The predicted octanol–water partition coefficient (Wildman–Crippen LogP) is 3.13. The lowest BCUT2D eigenvalue weighted by atomic mass is 10.2. The summed E-state index contributed by atoms with van der Waals surface area (Å²) in [6.45, 7) is 0. The van der Waals surface area contributed by atoms with E-state index in [-0.39, 0.29) is 4.47 Å². The molecule has 0 aromatic carbocycles. The first-order valence-corrected chi connectivity index (χ1v) is 4.47. The summed E-state index contributed by atoms with van der Waals surface area (Å²) in [5.74, 6) is -1.38. The first-order chi connectivity index (χ1) is 6.45. The van der Waals surface area contributed by atoms with Crippen LogP contribution in [-0.2, 0) is 0 Å². The number of nitrogens with zero attached hydrogens (tertiary/aromatic N) is 1. The Kier molecular flexibility index (Phi) is 3.38. The Labute approximate surface area is 90.8 Å². The fraction of sp³-hybridized carbons (Fsp3) is 0.143. The Morgan fingerprint density at radius 3 is 2.64 bits per heavy atom. The maximum atomic E-state index is 12.2. The molecule has 0 saturated heterocycles. The van der Waals surface area contributed by atoms with Crippen molar-refractivity contribution < 1.29 is 18.7 Å². The maximum absolute atomic E-state index is 12.2. The van der Waals surface area contributed by atoms with Gasteiger partial charge in [0, 0.05) is 6.20 Å². The van der Waals surface area contributed by atoms with Crippen molar-refractivity contribution >= 4 is 33.5 Å². The monoisotopic (exact) mass is 285 g/mol. The van der Waals surface area contributed by atoms with E-state index in [1.165, 1.54) is 0 Å². The number of alkyl halides is 2. The summed E-state index contributed by atoms with van der Waals surface area (Å²) < 4.78 is 24.6. The molecule has 1 N–H and O–H groups in total. The molecular formula is C7H3BrClF2NO2. The van der Waals surface area contributed by atoms with E-state index in [1.807, 2.05) is 0 Å². The molecule has 0 radical (unpaired) electrons. The minimum atomic E-state index is -2.89. The van der Waals surface area contributed by atoms with E-state index in [2.05, 4.69) is 20.9 Å². The Balaban J connectivity index is 3.41. The molecular weight excluding hydrogens is 283 g/mol. The van der Waals surface area contributed by atoms with Crippen molar-refractivity contribution in [3.63, 3.8) is 0 Å². The van der Waals surface area contributed by atoms with E-state index in [4.69, 9.17) is 16.7 Å². The molecule has 0 saturated carbocycles. The lowest BCUT2D eigenvalue weighted by Crippen LogP contribution is -2.03. The molecule has 76 valence electrons. The SMILES string of the molecule is O=C(O)c1c(Br)cnc(C(F)F)c1Cl. The molecule has 14 heavy (non-hydrogen) atoms. The van der Waals surface area contributed by atoms with Crippen LogP contribution in [0.2, 0.25) is 5.02 Å². The van der Waals surface area contributed by atoms with Gasteiger partial charge in [0.15, 0.2) is 0 Å². The number of rotatable bonds is 2. The van der Waals surface area contributed by atoms with Crippen LogP contribution in [0.5, 0.6) is 0 Å². The van der Waals surface area contributed by atoms with Gasteiger partial charge in [0.05, 0.1) is 15.1 Å². The van der Waals surface area contributed by atoms with Crippen LogP contribution in [-0.4, -0.2) is 16.1 Å². The van der Waals surface area contributed by atoms with Gasteiger partial charge in [0.1, 0.15) is 5.69 Å². The third-order valence-corrected chi connectivity index (χ3v) is 2.40. The van der Waals surface area contributed by atoms with Crippen molar-refractivity contribution in [3.05, 3.63) is 26.9 Å². The third-order valence-electron chi connectivity index (χ3n) is 1.42. The molecule has 0 aliphatic heterocycles. The van der Waals surface area contributed by atoms with Crippen molar-refractivity contribution in [2.24, 2.45) is 0 Å². The zero-order valence-corrected chi connectivity index (χ0v) is 8.81. The van der Waals surface area contributed by atoms with E-state index >= 15 is 0 Å². The second-order valence-corrected chi connectivity index (χ2v) is 3.52. The van der Waals surface area contributed by atoms with Crippen LogP contribution in [0.3, 0.4) is 0 Å². The van der Waals surface area contributed by atoms with E-state index in [0.29, 0.717) is 0 Å². The van der Waals surface area contributed by atoms with Crippen LogP contribution in [0, 0.1) is 0 Å². The number of carbonyl (C=O) groups is 1. The van der Waals surface area contributed by atoms with E-state index < -0.39 is 28.7 Å². The van der Waals surface area contributed by atoms with Gasteiger partial charge in [-0.25, -0.2) is 13.6 Å². The van der Waals surface area contributed by atoms with Gasteiger partial charge in [0.2, 0.25) is 0 Å². The standard InChI is InChI=1S/C7H3BrClF2NO2/c8-2-1-12-5(6(10)11)4(9)3(2)7(13)14/h1,6H,(H,13,14). The Bertz CT molecular complexity index is 386. The zero-order chi connectivity index (χ0) is 10.9. The molecule has 7 heteroatoms. The van der Waals surface area contributed by atoms with Crippen molar-refractivity contribution in [2.75, 3.05) is 0 Å². The molecule has 0 unspecified atom stereocenters. The van der Waals surface area contributed by atoms with Gasteiger partial charge in [-0.15, -0.1) is 0 Å². The van der Waals surface area contributed by atoms with Crippen LogP contribution < -0.4 is 0 Å². The van der Waals surface area contributed by atoms with Gasteiger partial charge in [-0.1, -0.05) is 11.6 Å². The number of pyridine rings is 1. The second-order valence-electron chi connectivity index (χ2n) is 2.29. The Morgan fingerprint density at radius 1 is 1.64 bits per heavy atom. The summed E-state index contributed by atoms with van der Waals surface area (Å²) >= 11 is 8.31. The van der Waals surface area contributed by atoms with E-state index in [9.17, 15) is 13.6 Å². The highest BCUT2D eigenvalue weighted by molar-refractivity contribution is 9.10. The predicted molar refractivity (Wildman–Crippen MR) is 48.9 cm³/mol. The van der Waals surface area contributed by atoms with E-state index in [1.54, 1.807) is 0 Å². The number of hydrogen-bond donors (Lipinski definition) is 1. The van der Waals surface area contributed by atoms with Gasteiger partial charge >= 0.3 is 5.97 Å². The highest BCUT2D eigenvalue weighted by atomic mass is 79.9. The molecule has 1 heterocycles. The normalized spacial score (nSPS) is 10.6. The number of carboxylic acid groups (broad SMARTS) is 1. The summed E-state index contributed by atoms with van der Waals surface area (Å²) in [7, 11) is 0. The first-order valence-electron chi connectivity index (χ1n) is 3.30. The molecule has 0 bridgehead atoms. The Hall–Kier alpha value is -0.750. The first kappa shape index (κ1) is 11.3. The average molecular weight is 286 g/mol. The molecule has 0 fully saturated rings. The molecule has 3 nitrogen and oxygen atoms in total. The van der Waals surface area contributed by atoms with Crippen LogP contribution in [0.4, 0.5) is 8.78 Å². The summed E-state index contributed by atoms with van der Waals surface area (Å²) in [6, 6.07) is 0. The Morgan fingerprint density at radius 2 is 2.21 bits per heavy atom. The molecule has 0 spiro atoms. The van der Waals surface area contributed by atoms with Gasteiger partial charge in [-0.2, -0.15) is 0 Å². The van der Waals surface area contributed by atoms with Crippen molar-refractivity contribution in [1.29, 1.82) is 0 Å². The van der Waals surface area contributed by atoms with Gasteiger partial charge in [-0.3, -0.25) is 4.98 Å². The molecule has 0 aliphatic carbocycles. The highest BCUT2D eigenvalue weighted by Gasteiger charge is 2.22. The number of aromatic nitrogens is 1. The number of carboxylic acids is 1. The van der Waals surface area contributed by atoms with Crippen LogP contribution in [0.1, 0.15) is 22.5 Å². The molecule has 0 amide bonds. The minimum Gasteiger partial charge on any atom is -0.478 e. The summed E-state index contributed by atoms with van der Waals surface area (Å²) in [6.07, 6.45) is -1.91. The summed E-state index contributed by atoms with van der Waals surface area (Å²) in [5.41, 5.74) is -1.13.